The van der Waals surface area contributed by atoms with Crippen molar-refractivity contribution in [3.05, 3.63) is 56.7 Å². The van der Waals surface area contributed by atoms with E-state index < -0.39 is 0 Å². The van der Waals surface area contributed by atoms with Crippen LogP contribution in [0.15, 0.2) is 46.3 Å². The Bertz CT molecular complexity index is 565. The van der Waals surface area contributed by atoms with Crippen molar-refractivity contribution in [2.75, 3.05) is 13.2 Å². The third-order valence-corrected chi connectivity index (χ3v) is 4.42. The molecule has 1 N–H and O–H groups in total. The molecular weight excluding hydrogens is 334 g/mol. The van der Waals surface area contributed by atoms with Gasteiger partial charge in [-0.3, -0.25) is 0 Å². The highest BCUT2D eigenvalue weighted by Crippen LogP contribution is 2.20. The minimum atomic E-state index is 0.668. The van der Waals surface area contributed by atoms with Gasteiger partial charge in [-0.2, -0.15) is 0 Å². The van der Waals surface area contributed by atoms with Crippen LogP contribution in [0.2, 0.25) is 0 Å². The zero-order valence-corrected chi connectivity index (χ0v) is 13.8. The first-order valence-corrected chi connectivity index (χ1v) is 8.25. The quantitative estimate of drug-likeness (QED) is 0.729. The third-order valence-electron chi connectivity index (χ3n) is 2.72. The van der Waals surface area contributed by atoms with E-state index in [4.69, 9.17) is 4.74 Å². The number of allylic oxidation sites excluding steroid dienone is 1. The summed E-state index contributed by atoms with van der Waals surface area (Å²) in [4.78, 5) is 1.33. The molecule has 1 aromatic heterocycles. The van der Waals surface area contributed by atoms with Crippen LogP contribution in [0, 0.1) is 0 Å². The average molecular weight is 352 g/mol. The van der Waals surface area contributed by atoms with E-state index in [1.165, 1.54) is 4.88 Å². The smallest absolute Gasteiger partial charge is 0.126 e. The molecule has 20 heavy (non-hydrogen) atoms. The van der Waals surface area contributed by atoms with Gasteiger partial charge in [-0.05, 0) is 35.0 Å². The van der Waals surface area contributed by atoms with E-state index in [0.717, 1.165) is 28.9 Å². The van der Waals surface area contributed by atoms with E-state index in [9.17, 15) is 0 Å². The maximum absolute atomic E-state index is 5.81. The van der Waals surface area contributed by atoms with Gasteiger partial charge in [0.2, 0.25) is 0 Å². The predicted octanol–water partition coefficient (Wildman–Crippen LogP) is 4.71. The van der Waals surface area contributed by atoms with E-state index in [-0.39, 0.29) is 0 Å². The van der Waals surface area contributed by atoms with Crippen LogP contribution in [0.25, 0.3) is 6.08 Å². The van der Waals surface area contributed by atoms with Gasteiger partial charge in [-0.25, -0.2) is 0 Å². The topological polar surface area (TPSA) is 21.3 Å². The monoisotopic (exact) mass is 351 g/mol. The van der Waals surface area contributed by atoms with Crippen molar-refractivity contribution in [2.24, 2.45) is 0 Å². The molecule has 4 heteroatoms. The Kier molecular flexibility index (Phi) is 6.30. The van der Waals surface area contributed by atoms with Gasteiger partial charge >= 0.3 is 0 Å². The SMILES string of the molecule is CC=Cc1ccccc1OCCNCc1cc(Br)cs1. The second-order valence-electron chi connectivity index (χ2n) is 4.29. The summed E-state index contributed by atoms with van der Waals surface area (Å²) in [5, 5.41) is 5.48. The molecule has 0 saturated heterocycles. The van der Waals surface area contributed by atoms with Crippen molar-refractivity contribution in [2.45, 2.75) is 13.5 Å². The molecule has 1 heterocycles. The Morgan fingerprint density at radius 1 is 1.35 bits per heavy atom. The largest absolute Gasteiger partial charge is 0.492 e. The lowest BCUT2D eigenvalue weighted by molar-refractivity contribution is 0.313. The summed E-state index contributed by atoms with van der Waals surface area (Å²) in [6.07, 6.45) is 4.08. The molecule has 0 spiro atoms. The molecule has 0 amide bonds. The number of para-hydroxylation sites is 1. The van der Waals surface area contributed by atoms with Crippen molar-refractivity contribution in [1.82, 2.24) is 5.32 Å². The van der Waals surface area contributed by atoms with Gasteiger partial charge in [0.1, 0.15) is 12.4 Å². The molecule has 0 aliphatic rings. The van der Waals surface area contributed by atoms with Crippen LogP contribution in [0.3, 0.4) is 0 Å². The Morgan fingerprint density at radius 2 is 2.20 bits per heavy atom. The van der Waals surface area contributed by atoms with Crippen molar-refractivity contribution in [1.29, 1.82) is 0 Å². The van der Waals surface area contributed by atoms with Gasteiger partial charge in [0.25, 0.3) is 0 Å². The highest BCUT2D eigenvalue weighted by Gasteiger charge is 2.00. The number of nitrogens with one attached hydrogen (secondary N) is 1. The summed E-state index contributed by atoms with van der Waals surface area (Å²) >= 11 is 5.21. The molecule has 0 atom stereocenters. The molecule has 0 aliphatic heterocycles. The molecule has 0 radical (unpaired) electrons. The minimum absolute atomic E-state index is 0.668. The van der Waals surface area contributed by atoms with Gasteiger partial charge < -0.3 is 10.1 Å². The molecule has 0 saturated carbocycles. The van der Waals surface area contributed by atoms with Crippen LogP contribution in [-0.4, -0.2) is 13.2 Å². The van der Waals surface area contributed by atoms with Crippen molar-refractivity contribution in [3.63, 3.8) is 0 Å². The second-order valence-corrected chi connectivity index (χ2v) is 6.21. The number of hydrogen-bond donors (Lipinski definition) is 1. The maximum Gasteiger partial charge on any atom is 0.126 e. The summed E-state index contributed by atoms with van der Waals surface area (Å²) in [5.41, 5.74) is 1.12. The van der Waals surface area contributed by atoms with Crippen molar-refractivity contribution < 1.29 is 4.74 Å². The summed E-state index contributed by atoms with van der Waals surface area (Å²) < 4.78 is 6.96. The number of hydrogen-bond acceptors (Lipinski definition) is 3. The molecule has 106 valence electrons. The minimum Gasteiger partial charge on any atom is -0.492 e. The van der Waals surface area contributed by atoms with Gasteiger partial charge in [0.15, 0.2) is 0 Å². The fraction of sp³-hybridized carbons (Fsp3) is 0.250. The first-order chi connectivity index (χ1) is 9.79. The van der Waals surface area contributed by atoms with Crippen LogP contribution in [0.5, 0.6) is 5.75 Å². The number of ether oxygens (including phenoxy) is 1. The van der Waals surface area contributed by atoms with E-state index in [1.54, 1.807) is 11.3 Å². The Hall–Kier alpha value is -1.10. The van der Waals surface area contributed by atoms with Gasteiger partial charge in [0, 0.05) is 33.4 Å². The van der Waals surface area contributed by atoms with E-state index in [0.29, 0.717) is 6.61 Å². The zero-order chi connectivity index (χ0) is 14.2. The van der Waals surface area contributed by atoms with Crippen LogP contribution in [0.4, 0.5) is 0 Å². The van der Waals surface area contributed by atoms with Gasteiger partial charge in [0.05, 0.1) is 0 Å². The molecule has 1 aromatic carbocycles. The van der Waals surface area contributed by atoms with Gasteiger partial charge in [-0.15, -0.1) is 11.3 Å². The number of rotatable bonds is 7. The fourth-order valence-electron chi connectivity index (χ4n) is 1.82. The van der Waals surface area contributed by atoms with E-state index >= 15 is 0 Å². The predicted molar refractivity (Wildman–Crippen MR) is 90.4 cm³/mol. The van der Waals surface area contributed by atoms with Crippen LogP contribution in [0.1, 0.15) is 17.4 Å². The molecule has 2 nitrogen and oxygen atoms in total. The first kappa shape index (κ1) is 15.3. The van der Waals surface area contributed by atoms with Crippen molar-refractivity contribution in [3.8, 4) is 5.75 Å². The average Bonchev–Trinajstić information content (AvgIpc) is 2.86. The Morgan fingerprint density at radius 3 is 2.95 bits per heavy atom. The zero-order valence-electron chi connectivity index (χ0n) is 11.4. The summed E-state index contributed by atoms with van der Waals surface area (Å²) in [6, 6.07) is 10.2. The summed E-state index contributed by atoms with van der Waals surface area (Å²) in [7, 11) is 0. The lowest BCUT2D eigenvalue weighted by Gasteiger charge is -2.09. The lowest BCUT2D eigenvalue weighted by Crippen LogP contribution is -2.20. The molecule has 0 aliphatic carbocycles. The maximum atomic E-state index is 5.81. The normalized spacial score (nSPS) is 11.1. The summed E-state index contributed by atoms with van der Waals surface area (Å²) in [6.45, 7) is 4.40. The summed E-state index contributed by atoms with van der Waals surface area (Å²) in [5.74, 6) is 0.936. The molecule has 0 unspecified atom stereocenters. The molecule has 2 rings (SSSR count). The molecular formula is C16H18BrNOS. The van der Waals surface area contributed by atoms with Crippen LogP contribution < -0.4 is 10.1 Å². The fourth-order valence-corrected chi connectivity index (χ4v) is 3.24. The van der Waals surface area contributed by atoms with Crippen LogP contribution >= 0.6 is 27.3 Å². The highest BCUT2D eigenvalue weighted by molar-refractivity contribution is 9.10. The first-order valence-electron chi connectivity index (χ1n) is 6.58. The number of thiophene rings is 1. The molecule has 0 fully saturated rings. The second kappa shape index (κ2) is 8.25. The molecule has 0 bridgehead atoms. The lowest BCUT2D eigenvalue weighted by atomic mass is 10.2. The number of benzene rings is 1. The van der Waals surface area contributed by atoms with Gasteiger partial charge in [-0.1, -0.05) is 30.4 Å². The van der Waals surface area contributed by atoms with E-state index in [2.05, 4.69) is 44.8 Å². The van der Waals surface area contributed by atoms with Crippen LogP contribution in [-0.2, 0) is 6.54 Å². The standard InChI is InChI=1S/C16H18BrNOS/c1-2-5-13-6-3-4-7-16(13)19-9-8-18-11-15-10-14(17)12-20-15/h2-7,10,12,18H,8-9,11H2,1H3. The van der Waals surface area contributed by atoms with E-state index in [1.807, 2.05) is 31.2 Å². The third kappa shape index (κ3) is 4.78. The molecule has 2 aromatic rings. The van der Waals surface area contributed by atoms with Crippen molar-refractivity contribution >= 4 is 33.3 Å². The Balaban J connectivity index is 1.73. The Labute approximate surface area is 132 Å². The highest BCUT2D eigenvalue weighted by atomic mass is 79.9. The number of halogens is 1.